The van der Waals surface area contributed by atoms with E-state index in [2.05, 4.69) is 5.32 Å². The summed E-state index contributed by atoms with van der Waals surface area (Å²) in [6, 6.07) is 7.24. The summed E-state index contributed by atoms with van der Waals surface area (Å²) in [7, 11) is 0. The second-order valence-electron chi connectivity index (χ2n) is 5.79. The third kappa shape index (κ3) is 3.82. The van der Waals surface area contributed by atoms with E-state index in [1.807, 2.05) is 19.1 Å². The average Bonchev–Trinajstić information content (AvgIpc) is 2.84. The van der Waals surface area contributed by atoms with Gasteiger partial charge in [-0.05, 0) is 42.9 Å². The lowest BCUT2D eigenvalue weighted by Gasteiger charge is -2.15. The van der Waals surface area contributed by atoms with Crippen molar-refractivity contribution in [2.75, 3.05) is 11.9 Å². The first-order valence-electron chi connectivity index (χ1n) is 7.24. The molecule has 3 atom stereocenters. The fourth-order valence-electron chi connectivity index (χ4n) is 2.97. The zero-order valence-corrected chi connectivity index (χ0v) is 12.1. The van der Waals surface area contributed by atoms with Gasteiger partial charge in [-0.1, -0.05) is 19.1 Å². The Hall–Kier alpha value is -1.88. The van der Waals surface area contributed by atoms with Crippen LogP contribution < -0.4 is 5.32 Å². The van der Waals surface area contributed by atoms with Gasteiger partial charge in [-0.3, -0.25) is 9.59 Å². The number of carboxylic acid groups (broad SMARTS) is 1. The largest absolute Gasteiger partial charge is 0.481 e. The lowest BCUT2D eigenvalue weighted by molar-refractivity contribution is -0.145. The number of hydrogen-bond acceptors (Lipinski definition) is 3. The Morgan fingerprint density at radius 1 is 1.19 bits per heavy atom. The topological polar surface area (TPSA) is 86.6 Å². The van der Waals surface area contributed by atoms with Gasteiger partial charge >= 0.3 is 5.97 Å². The second kappa shape index (κ2) is 6.72. The summed E-state index contributed by atoms with van der Waals surface area (Å²) in [4.78, 5) is 23.5. The van der Waals surface area contributed by atoms with Crippen LogP contribution >= 0.6 is 0 Å². The van der Waals surface area contributed by atoms with Crippen LogP contribution in [0.25, 0.3) is 0 Å². The van der Waals surface area contributed by atoms with Gasteiger partial charge in [-0.2, -0.15) is 0 Å². The third-order valence-electron chi connectivity index (χ3n) is 4.07. The predicted molar refractivity (Wildman–Crippen MR) is 78.9 cm³/mol. The van der Waals surface area contributed by atoms with E-state index in [-0.39, 0.29) is 18.4 Å². The lowest BCUT2D eigenvalue weighted by Crippen LogP contribution is -2.29. The molecule has 2 rings (SSSR count). The Kier molecular flexibility index (Phi) is 4.96. The molecule has 0 heterocycles. The molecule has 1 aliphatic rings. The highest BCUT2D eigenvalue weighted by Gasteiger charge is 2.41. The molecule has 1 fully saturated rings. The maximum absolute atomic E-state index is 12.3. The minimum atomic E-state index is -0.891. The van der Waals surface area contributed by atoms with Gasteiger partial charge in [-0.15, -0.1) is 0 Å². The van der Waals surface area contributed by atoms with E-state index >= 15 is 0 Å². The minimum absolute atomic E-state index is 0.0892. The van der Waals surface area contributed by atoms with Crippen LogP contribution in [0.15, 0.2) is 24.3 Å². The number of hydrogen-bond donors (Lipinski definition) is 3. The summed E-state index contributed by atoms with van der Waals surface area (Å²) in [6.07, 6.45) is 1.75. The SMILES string of the molecule is CC1CC(C(=O)O)C(C(=O)Nc2ccc(CCO)cc2)C1. The average molecular weight is 291 g/mol. The number of carbonyl (C=O) groups is 2. The molecule has 1 saturated carbocycles. The number of nitrogens with one attached hydrogen (secondary N) is 1. The highest BCUT2D eigenvalue weighted by atomic mass is 16.4. The van der Waals surface area contributed by atoms with E-state index in [9.17, 15) is 14.7 Å². The van der Waals surface area contributed by atoms with Crippen LogP contribution in [0, 0.1) is 17.8 Å². The fraction of sp³-hybridized carbons (Fsp3) is 0.500. The van der Waals surface area contributed by atoms with Crippen LogP contribution in [-0.4, -0.2) is 28.7 Å². The fourth-order valence-corrected chi connectivity index (χ4v) is 2.97. The molecule has 1 amide bonds. The Balaban J connectivity index is 2.01. The maximum atomic E-state index is 12.3. The summed E-state index contributed by atoms with van der Waals surface area (Å²) in [5.41, 5.74) is 1.65. The van der Waals surface area contributed by atoms with Gasteiger partial charge in [-0.25, -0.2) is 0 Å². The Bertz CT molecular complexity index is 512. The maximum Gasteiger partial charge on any atom is 0.307 e. The van der Waals surface area contributed by atoms with Gasteiger partial charge in [0, 0.05) is 12.3 Å². The minimum Gasteiger partial charge on any atom is -0.481 e. The second-order valence-corrected chi connectivity index (χ2v) is 5.79. The van der Waals surface area contributed by atoms with Gasteiger partial charge in [0.25, 0.3) is 0 Å². The van der Waals surface area contributed by atoms with Crippen LogP contribution in [0.1, 0.15) is 25.3 Å². The molecule has 0 bridgehead atoms. The van der Waals surface area contributed by atoms with Gasteiger partial charge in [0.15, 0.2) is 0 Å². The number of rotatable bonds is 5. The standard InChI is InChI=1S/C16H21NO4/c1-10-8-13(14(9-10)16(20)21)15(19)17-12-4-2-11(3-5-12)6-7-18/h2-5,10,13-14,18H,6-9H2,1H3,(H,17,19)(H,20,21). The zero-order chi connectivity index (χ0) is 15.4. The Morgan fingerprint density at radius 2 is 1.81 bits per heavy atom. The number of anilines is 1. The summed E-state index contributed by atoms with van der Waals surface area (Å²) in [6.45, 7) is 2.07. The van der Waals surface area contributed by atoms with Crippen molar-refractivity contribution in [3.8, 4) is 0 Å². The highest BCUT2D eigenvalue weighted by molar-refractivity contribution is 5.95. The summed E-state index contributed by atoms with van der Waals surface area (Å²) in [5.74, 6) is -1.91. The lowest BCUT2D eigenvalue weighted by atomic mass is 9.95. The molecule has 0 aromatic heterocycles. The normalized spacial score (nSPS) is 24.8. The molecule has 5 heteroatoms. The van der Waals surface area contributed by atoms with E-state index in [4.69, 9.17) is 5.11 Å². The molecule has 114 valence electrons. The third-order valence-corrected chi connectivity index (χ3v) is 4.07. The van der Waals surface area contributed by atoms with Gasteiger partial charge in [0.1, 0.15) is 0 Å². The van der Waals surface area contributed by atoms with E-state index < -0.39 is 17.8 Å². The molecule has 1 aromatic rings. The van der Waals surface area contributed by atoms with Crippen LogP contribution in [0.2, 0.25) is 0 Å². The molecule has 0 saturated heterocycles. The van der Waals surface area contributed by atoms with Gasteiger partial charge in [0.2, 0.25) is 5.91 Å². The van der Waals surface area contributed by atoms with Gasteiger partial charge < -0.3 is 15.5 Å². The van der Waals surface area contributed by atoms with Crippen LogP contribution in [0.5, 0.6) is 0 Å². The van der Waals surface area contributed by atoms with E-state index in [0.29, 0.717) is 24.9 Å². The monoisotopic (exact) mass is 291 g/mol. The number of aliphatic carboxylic acids is 1. The number of aliphatic hydroxyl groups is 1. The summed E-state index contributed by atoms with van der Waals surface area (Å²) >= 11 is 0. The molecule has 0 radical (unpaired) electrons. The first kappa shape index (κ1) is 15.5. The van der Waals surface area contributed by atoms with Crippen molar-refractivity contribution >= 4 is 17.6 Å². The Labute approximate surface area is 124 Å². The van der Waals surface area contributed by atoms with Crippen molar-refractivity contribution in [2.24, 2.45) is 17.8 Å². The number of benzene rings is 1. The first-order chi connectivity index (χ1) is 10.0. The molecular weight excluding hydrogens is 270 g/mol. The van der Waals surface area contributed by atoms with Crippen molar-refractivity contribution < 1.29 is 19.8 Å². The Morgan fingerprint density at radius 3 is 2.38 bits per heavy atom. The molecule has 0 aliphatic heterocycles. The van der Waals surface area contributed by atoms with Crippen molar-refractivity contribution in [3.63, 3.8) is 0 Å². The van der Waals surface area contributed by atoms with Crippen molar-refractivity contribution in [1.82, 2.24) is 0 Å². The molecule has 1 aliphatic carbocycles. The molecule has 0 spiro atoms. The number of carboxylic acids is 1. The first-order valence-corrected chi connectivity index (χ1v) is 7.24. The summed E-state index contributed by atoms with van der Waals surface area (Å²) in [5, 5.41) is 20.9. The van der Waals surface area contributed by atoms with Crippen molar-refractivity contribution in [3.05, 3.63) is 29.8 Å². The number of aliphatic hydroxyl groups excluding tert-OH is 1. The molecular formula is C16H21NO4. The smallest absolute Gasteiger partial charge is 0.307 e. The highest BCUT2D eigenvalue weighted by Crippen LogP contribution is 2.37. The molecule has 3 N–H and O–H groups in total. The molecule has 21 heavy (non-hydrogen) atoms. The van der Waals surface area contributed by atoms with E-state index in [1.165, 1.54) is 0 Å². The molecule has 3 unspecified atom stereocenters. The predicted octanol–water partition coefficient (Wildman–Crippen LogP) is 1.91. The van der Waals surface area contributed by atoms with E-state index in [1.54, 1.807) is 12.1 Å². The van der Waals surface area contributed by atoms with Crippen LogP contribution in [0.4, 0.5) is 5.69 Å². The number of carbonyl (C=O) groups excluding carboxylic acids is 1. The molecule has 5 nitrogen and oxygen atoms in total. The number of amides is 1. The summed E-state index contributed by atoms with van der Waals surface area (Å²) < 4.78 is 0. The molecule has 1 aromatic carbocycles. The van der Waals surface area contributed by atoms with Gasteiger partial charge in [0.05, 0.1) is 11.8 Å². The van der Waals surface area contributed by atoms with Crippen LogP contribution in [-0.2, 0) is 16.0 Å². The zero-order valence-electron chi connectivity index (χ0n) is 12.1. The van der Waals surface area contributed by atoms with E-state index in [0.717, 1.165) is 5.56 Å². The van der Waals surface area contributed by atoms with Crippen molar-refractivity contribution in [1.29, 1.82) is 0 Å². The quantitative estimate of drug-likeness (QED) is 0.773. The van der Waals surface area contributed by atoms with Crippen molar-refractivity contribution in [2.45, 2.75) is 26.2 Å². The van der Waals surface area contributed by atoms with Crippen LogP contribution in [0.3, 0.4) is 0 Å².